The molecule has 3 aromatic rings. The van der Waals surface area contributed by atoms with Crippen LogP contribution in [0.5, 0.6) is 0 Å². The van der Waals surface area contributed by atoms with Crippen molar-refractivity contribution in [1.82, 2.24) is 9.97 Å². The van der Waals surface area contributed by atoms with Crippen LogP contribution < -0.4 is 0 Å². The van der Waals surface area contributed by atoms with Crippen LogP contribution in [0.2, 0.25) is 10.0 Å². The molecule has 1 aromatic heterocycles. The fourth-order valence-electron chi connectivity index (χ4n) is 1.89. The molecular formula is C14H7Cl2N3. The van der Waals surface area contributed by atoms with Crippen LogP contribution in [0.1, 0.15) is 5.56 Å². The van der Waals surface area contributed by atoms with Crippen molar-refractivity contribution >= 4 is 34.2 Å². The molecule has 0 fully saturated rings. The molecule has 0 aliphatic carbocycles. The van der Waals surface area contributed by atoms with Gasteiger partial charge in [0.25, 0.3) is 0 Å². The summed E-state index contributed by atoms with van der Waals surface area (Å²) in [6.07, 6.45) is 0. The molecule has 5 heteroatoms. The van der Waals surface area contributed by atoms with Crippen molar-refractivity contribution in [3.05, 3.63) is 52.0 Å². The number of H-pyrrole nitrogens is 1. The number of benzene rings is 2. The first-order chi connectivity index (χ1) is 9.17. The number of nitriles is 1. The molecule has 19 heavy (non-hydrogen) atoms. The predicted molar refractivity (Wildman–Crippen MR) is 76.3 cm³/mol. The van der Waals surface area contributed by atoms with E-state index in [0.29, 0.717) is 21.4 Å². The quantitative estimate of drug-likeness (QED) is 0.721. The second kappa shape index (κ2) is 4.58. The van der Waals surface area contributed by atoms with Gasteiger partial charge in [-0.15, -0.1) is 0 Å². The number of halogens is 2. The second-order valence-corrected chi connectivity index (χ2v) is 4.90. The number of hydrogen-bond donors (Lipinski definition) is 1. The molecule has 92 valence electrons. The minimum atomic E-state index is 0.573. The predicted octanol–water partition coefficient (Wildman–Crippen LogP) is 4.41. The lowest BCUT2D eigenvalue weighted by atomic mass is 10.2. The molecule has 1 heterocycles. The molecule has 0 amide bonds. The summed E-state index contributed by atoms with van der Waals surface area (Å²) in [6, 6.07) is 12.6. The van der Waals surface area contributed by atoms with E-state index in [4.69, 9.17) is 28.5 Å². The summed E-state index contributed by atoms with van der Waals surface area (Å²) in [4.78, 5) is 7.60. The first-order valence-corrected chi connectivity index (χ1v) is 6.28. The van der Waals surface area contributed by atoms with Gasteiger partial charge in [0.1, 0.15) is 5.82 Å². The Morgan fingerprint density at radius 1 is 1.11 bits per heavy atom. The summed E-state index contributed by atoms with van der Waals surface area (Å²) in [6.45, 7) is 0. The molecule has 0 saturated carbocycles. The maximum absolute atomic E-state index is 8.88. The number of nitrogens with one attached hydrogen (secondary N) is 1. The van der Waals surface area contributed by atoms with Gasteiger partial charge < -0.3 is 4.98 Å². The minimum absolute atomic E-state index is 0.573. The number of nitrogens with zero attached hydrogens (tertiary/aromatic N) is 2. The number of aromatic amines is 1. The maximum atomic E-state index is 8.88. The first-order valence-electron chi connectivity index (χ1n) is 5.52. The average molecular weight is 288 g/mol. The average Bonchev–Trinajstić information content (AvgIpc) is 2.83. The number of rotatable bonds is 1. The van der Waals surface area contributed by atoms with Crippen LogP contribution in [0.3, 0.4) is 0 Å². The van der Waals surface area contributed by atoms with Crippen molar-refractivity contribution in [2.24, 2.45) is 0 Å². The van der Waals surface area contributed by atoms with Gasteiger partial charge in [0.15, 0.2) is 0 Å². The van der Waals surface area contributed by atoms with E-state index in [9.17, 15) is 0 Å². The Labute approximate surface area is 119 Å². The highest BCUT2D eigenvalue weighted by molar-refractivity contribution is 6.35. The molecule has 3 nitrogen and oxygen atoms in total. The lowest BCUT2D eigenvalue weighted by Gasteiger charge is -2.00. The van der Waals surface area contributed by atoms with Crippen molar-refractivity contribution in [2.75, 3.05) is 0 Å². The van der Waals surface area contributed by atoms with Crippen LogP contribution in [0.25, 0.3) is 22.4 Å². The van der Waals surface area contributed by atoms with Gasteiger partial charge in [0, 0.05) is 10.6 Å². The molecule has 0 bridgehead atoms. The van der Waals surface area contributed by atoms with Crippen molar-refractivity contribution in [3.8, 4) is 17.5 Å². The molecule has 0 unspecified atom stereocenters. The van der Waals surface area contributed by atoms with Gasteiger partial charge >= 0.3 is 0 Å². The van der Waals surface area contributed by atoms with Crippen LogP contribution in [-0.2, 0) is 0 Å². The summed E-state index contributed by atoms with van der Waals surface area (Å²) in [7, 11) is 0. The van der Waals surface area contributed by atoms with E-state index in [1.165, 1.54) is 0 Å². The van der Waals surface area contributed by atoms with Crippen LogP contribution >= 0.6 is 23.2 Å². The first kappa shape index (κ1) is 12.0. The molecule has 0 aliphatic heterocycles. The van der Waals surface area contributed by atoms with Gasteiger partial charge in [-0.2, -0.15) is 5.26 Å². The van der Waals surface area contributed by atoms with Gasteiger partial charge in [-0.1, -0.05) is 23.2 Å². The van der Waals surface area contributed by atoms with Crippen LogP contribution in [0, 0.1) is 11.3 Å². The highest BCUT2D eigenvalue weighted by Gasteiger charge is 2.10. The summed E-state index contributed by atoms with van der Waals surface area (Å²) in [5.41, 5.74) is 2.90. The molecule has 2 aromatic carbocycles. The summed E-state index contributed by atoms with van der Waals surface area (Å²) in [5.74, 6) is 0.637. The zero-order valence-electron chi connectivity index (χ0n) is 9.61. The normalized spacial score (nSPS) is 10.6. The second-order valence-electron chi connectivity index (χ2n) is 4.05. The third kappa shape index (κ3) is 2.17. The van der Waals surface area contributed by atoms with E-state index in [0.717, 1.165) is 16.6 Å². The number of hydrogen-bond acceptors (Lipinski definition) is 2. The Bertz CT molecular complexity index is 815. The van der Waals surface area contributed by atoms with Gasteiger partial charge in [-0.3, -0.25) is 0 Å². The summed E-state index contributed by atoms with van der Waals surface area (Å²) in [5, 5.41) is 10.0. The molecule has 3 rings (SSSR count). The Balaban J connectivity index is 2.21. The van der Waals surface area contributed by atoms with E-state index in [1.54, 1.807) is 36.4 Å². The topological polar surface area (TPSA) is 52.5 Å². The molecule has 0 aliphatic rings. The molecule has 0 spiro atoms. The highest BCUT2D eigenvalue weighted by atomic mass is 35.5. The Kier molecular flexibility index (Phi) is 2.90. The van der Waals surface area contributed by atoms with E-state index in [2.05, 4.69) is 16.0 Å². The van der Waals surface area contributed by atoms with Crippen LogP contribution in [-0.4, -0.2) is 9.97 Å². The number of fused-ring (bicyclic) bond motifs is 1. The zero-order valence-corrected chi connectivity index (χ0v) is 11.1. The number of imidazole rings is 1. The smallest absolute Gasteiger partial charge is 0.140 e. The van der Waals surface area contributed by atoms with Crippen LogP contribution in [0.15, 0.2) is 36.4 Å². The molecule has 0 radical (unpaired) electrons. The third-order valence-corrected chi connectivity index (χ3v) is 3.36. The van der Waals surface area contributed by atoms with E-state index < -0.39 is 0 Å². The Morgan fingerprint density at radius 2 is 1.95 bits per heavy atom. The van der Waals surface area contributed by atoms with Crippen molar-refractivity contribution < 1.29 is 0 Å². The van der Waals surface area contributed by atoms with Crippen molar-refractivity contribution in [1.29, 1.82) is 5.26 Å². The van der Waals surface area contributed by atoms with E-state index in [1.807, 2.05) is 0 Å². The van der Waals surface area contributed by atoms with E-state index >= 15 is 0 Å². The standard InChI is InChI=1S/C14H7Cl2N3/c15-9-2-3-11(16)10(6-9)14-18-12-4-1-8(7-17)5-13(12)19-14/h1-6H,(H,18,19). The monoisotopic (exact) mass is 287 g/mol. The zero-order chi connectivity index (χ0) is 13.4. The Hall–Kier alpha value is -2.02. The largest absolute Gasteiger partial charge is 0.338 e. The maximum Gasteiger partial charge on any atom is 0.140 e. The summed E-state index contributed by atoms with van der Waals surface area (Å²) < 4.78 is 0. The van der Waals surface area contributed by atoms with Gasteiger partial charge in [0.05, 0.1) is 27.7 Å². The van der Waals surface area contributed by atoms with Gasteiger partial charge in [0.2, 0.25) is 0 Å². The van der Waals surface area contributed by atoms with Gasteiger partial charge in [-0.05, 0) is 36.4 Å². The molecule has 1 N–H and O–H groups in total. The number of aromatic nitrogens is 2. The van der Waals surface area contributed by atoms with Crippen molar-refractivity contribution in [3.63, 3.8) is 0 Å². The third-order valence-electron chi connectivity index (χ3n) is 2.79. The lowest BCUT2D eigenvalue weighted by molar-refractivity contribution is 1.34. The Morgan fingerprint density at radius 3 is 2.74 bits per heavy atom. The van der Waals surface area contributed by atoms with E-state index in [-0.39, 0.29) is 0 Å². The summed E-state index contributed by atoms with van der Waals surface area (Å²) >= 11 is 12.1. The minimum Gasteiger partial charge on any atom is -0.338 e. The highest BCUT2D eigenvalue weighted by Crippen LogP contribution is 2.30. The fraction of sp³-hybridized carbons (Fsp3) is 0. The molecule has 0 atom stereocenters. The molecular weight excluding hydrogens is 281 g/mol. The van der Waals surface area contributed by atoms with Crippen LogP contribution in [0.4, 0.5) is 0 Å². The SMILES string of the molecule is N#Cc1ccc2nc(-c3cc(Cl)ccc3Cl)[nH]c2c1. The molecule has 0 saturated heterocycles. The van der Waals surface area contributed by atoms with Gasteiger partial charge in [-0.25, -0.2) is 4.98 Å². The fourth-order valence-corrected chi connectivity index (χ4v) is 2.26. The van der Waals surface area contributed by atoms with Crippen molar-refractivity contribution in [2.45, 2.75) is 0 Å². The lowest BCUT2D eigenvalue weighted by Crippen LogP contribution is -1.82.